The van der Waals surface area contributed by atoms with Gasteiger partial charge in [-0.1, -0.05) is 59.0 Å². The highest BCUT2D eigenvalue weighted by Crippen LogP contribution is 2.27. The maximum absolute atomic E-state index is 11.0. The highest BCUT2D eigenvalue weighted by Gasteiger charge is 2.20. The van der Waals surface area contributed by atoms with Gasteiger partial charge >= 0.3 is 0 Å². The molecule has 2 aliphatic heterocycles. The number of benzene rings is 3. The molecule has 0 atom stereocenters. The minimum absolute atomic E-state index is 0.000108. The molecule has 39 heavy (non-hydrogen) atoms. The Labute approximate surface area is 258 Å². The van der Waals surface area contributed by atoms with Gasteiger partial charge in [0.05, 0.1) is 43.0 Å². The molecular weight excluding hydrogens is 705 g/mol. The number of hydrogen-bond acceptors (Lipinski definition) is 6. The topological polar surface area (TPSA) is 144 Å². The number of nitrogens with one attached hydrogen (secondary N) is 2. The summed E-state index contributed by atoms with van der Waals surface area (Å²) in [5, 5.41) is 5.50. The third-order valence-corrected chi connectivity index (χ3v) is 5.98. The van der Waals surface area contributed by atoms with Crippen LogP contribution in [0.15, 0.2) is 71.6 Å². The Balaban J connectivity index is 0.000000524. The number of amides is 2. The Bertz CT molecular complexity index is 1310. The molecule has 0 bridgehead atoms. The van der Waals surface area contributed by atoms with Crippen molar-refractivity contribution in [1.82, 2.24) is 0 Å². The second kappa shape index (κ2) is 19.7. The van der Waals surface area contributed by atoms with Gasteiger partial charge in [0.1, 0.15) is 0 Å². The normalized spacial score (nSPS) is 12.4. The second-order valence-corrected chi connectivity index (χ2v) is 10.5. The molecule has 5 rings (SSSR count). The zero-order valence-corrected chi connectivity index (χ0v) is 25.7. The van der Waals surface area contributed by atoms with E-state index in [4.69, 9.17) is 48.1 Å². The lowest BCUT2D eigenvalue weighted by Gasteiger charge is -2.00. The van der Waals surface area contributed by atoms with Crippen LogP contribution >= 0.6 is 56.5 Å². The SMILES string of the molecule is ClCCl.Nc1ccccc1N.O=C1Cc2ccc(S(=O)(=O)Cl)cc2N1.O=C1Cc2ccccc2N1.[2H]CF.[2H]CI. The molecule has 0 aromatic heterocycles. The molecule has 2 aliphatic rings. The van der Waals surface area contributed by atoms with Crippen LogP contribution in [-0.2, 0) is 31.5 Å². The predicted molar refractivity (Wildman–Crippen MR) is 169 cm³/mol. The maximum Gasteiger partial charge on any atom is 0.261 e. The van der Waals surface area contributed by atoms with Gasteiger partial charge < -0.3 is 22.1 Å². The van der Waals surface area contributed by atoms with Crippen LogP contribution in [0.1, 0.15) is 13.9 Å². The largest absolute Gasteiger partial charge is 0.397 e. The van der Waals surface area contributed by atoms with Crippen molar-refractivity contribution in [2.45, 2.75) is 17.7 Å². The summed E-state index contributed by atoms with van der Waals surface area (Å²) in [6.45, 7) is 0. The summed E-state index contributed by atoms with van der Waals surface area (Å²) in [5.41, 5.74) is 15.5. The predicted octanol–water partition coefficient (Wildman–Crippen LogP) is 6.20. The molecular formula is C25H29Cl3FIN4O4S. The summed E-state index contributed by atoms with van der Waals surface area (Å²) in [6.07, 6.45) is 0.827. The van der Waals surface area contributed by atoms with E-state index in [1.54, 1.807) is 18.2 Å². The van der Waals surface area contributed by atoms with E-state index in [0.717, 1.165) is 16.8 Å². The monoisotopic (exact) mass is 734 g/mol. The van der Waals surface area contributed by atoms with Gasteiger partial charge in [-0.3, -0.25) is 14.0 Å². The Morgan fingerprint density at radius 2 is 1.31 bits per heavy atom. The number of fused-ring (bicyclic) bond motifs is 2. The van der Waals surface area contributed by atoms with Gasteiger partial charge in [0.25, 0.3) is 9.05 Å². The Hall–Kier alpha value is -2.32. The fourth-order valence-corrected chi connectivity index (χ4v) is 3.80. The standard InChI is InChI=1S/C8H6ClNO3S.C8H7NO.C6H8N2.CH2Cl2.CH3F.CH3I/c9-14(12,13)6-2-1-5-3-8(11)10-7(5)4-6;10-8-5-6-3-1-2-4-7(6)9-8;7-5-3-1-2-4-6(5)8;2-1-3;2*1-2/h1-2,4H,3H2,(H,10,11);1-4H,5H2,(H,9,10);1-4H,7-8H2;1H2;2*1H3/i;;;;2*1D. The number of nitrogen functional groups attached to an aromatic ring is 2. The van der Waals surface area contributed by atoms with Crippen LogP contribution in [0.3, 0.4) is 0 Å². The maximum atomic E-state index is 11.0. The number of para-hydroxylation sites is 3. The Morgan fingerprint density at radius 1 is 0.897 bits per heavy atom. The average Bonchev–Trinajstić information content (AvgIpc) is 3.47. The van der Waals surface area contributed by atoms with Crippen molar-refractivity contribution in [3.63, 3.8) is 0 Å². The van der Waals surface area contributed by atoms with Crippen molar-refractivity contribution < 1.29 is 25.1 Å². The number of alkyl halides is 4. The highest BCUT2D eigenvalue weighted by molar-refractivity contribution is 14.1. The van der Waals surface area contributed by atoms with Gasteiger partial charge in [-0.15, -0.1) is 23.2 Å². The van der Waals surface area contributed by atoms with Gasteiger partial charge in [-0.2, -0.15) is 0 Å². The molecule has 0 fully saturated rings. The molecule has 0 saturated carbocycles. The number of nitrogens with two attached hydrogens (primary N) is 2. The van der Waals surface area contributed by atoms with Crippen LogP contribution in [0.4, 0.5) is 27.1 Å². The first-order valence-electron chi connectivity index (χ1n) is 12.0. The summed E-state index contributed by atoms with van der Waals surface area (Å²) in [7, 11) is 0.435. The van der Waals surface area contributed by atoms with E-state index in [1.165, 1.54) is 12.1 Å². The van der Waals surface area contributed by atoms with Crippen LogP contribution in [0.5, 0.6) is 0 Å². The van der Waals surface area contributed by atoms with Crippen LogP contribution in [0.2, 0.25) is 0 Å². The van der Waals surface area contributed by atoms with Crippen molar-refractivity contribution in [2.75, 3.05) is 39.5 Å². The average molecular weight is 736 g/mol. The van der Waals surface area contributed by atoms with Gasteiger partial charge in [0.15, 0.2) is 0 Å². The molecule has 0 aliphatic carbocycles. The molecule has 0 spiro atoms. The molecule has 2 amide bonds. The summed E-state index contributed by atoms with van der Waals surface area (Å²) >= 11 is 11.5. The molecule has 3 aromatic rings. The smallest absolute Gasteiger partial charge is 0.261 e. The molecule has 214 valence electrons. The van der Waals surface area contributed by atoms with Crippen LogP contribution in [-0.4, -0.2) is 37.6 Å². The van der Waals surface area contributed by atoms with Crippen molar-refractivity contribution in [3.8, 4) is 0 Å². The lowest BCUT2D eigenvalue weighted by Crippen LogP contribution is -2.03. The highest BCUT2D eigenvalue weighted by atomic mass is 127. The Morgan fingerprint density at radius 3 is 1.74 bits per heavy atom. The fraction of sp³-hybridized carbons (Fsp3) is 0.200. The lowest BCUT2D eigenvalue weighted by atomic mass is 10.2. The van der Waals surface area contributed by atoms with Crippen molar-refractivity contribution in [1.29, 1.82) is 0 Å². The van der Waals surface area contributed by atoms with E-state index < -0.39 is 16.2 Å². The molecule has 0 unspecified atom stereocenters. The summed E-state index contributed by atoms with van der Waals surface area (Å²) in [6, 6.07) is 19.3. The first-order valence-corrected chi connectivity index (χ1v) is 15.5. The van der Waals surface area contributed by atoms with Crippen molar-refractivity contribution in [2.24, 2.45) is 0 Å². The van der Waals surface area contributed by atoms with E-state index in [0.29, 0.717) is 28.4 Å². The molecule has 0 saturated heterocycles. The van der Waals surface area contributed by atoms with Crippen LogP contribution in [0.25, 0.3) is 0 Å². The Kier molecular flexibility index (Phi) is 16.6. The van der Waals surface area contributed by atoms with Gasteiger partial charge in [-0.25, -0.2) is 8.42 Å². The molecule has 14 heteroatoms. The number of anilines is 4. The van der Waals surface area contributed by atoms with E-state index in [2.05, 4.69) is 10.6 Å². The van der Waals surface area contributed by atoms with Gasteiger partial charge in [0.2, 0.25) is 11.8 Å². The third-order valence-electron chi connectivity index (χ3n) is 4.63. The lowest BCUT2D eigenvalue weighted by molar-refractivity contribution is -0.115. The third kappa shape index (κ3) is 13.5. The summed E-state index contributed by atoms with van der Waals surface area (Å²) in [5.74, 6) is -0.0367. The molecule has 8 nitrogen and oxygen atoms in total. The number of rotatable bonds is 1. The number of carbonyl (C=O) groups excluding carboxylic acids is 2. The molecule has 3 aromatic carbocycles. The van der Waals surface area contributed by atoms with Crippen molar-refractivity contribution >= 4 is 100 Å². The number of carbonyl (C=O) groups is 2. The number of hydrogen-bond donors (Lipinski definition) is 4. The first kappa shape index (κ1) is 32.9. The van der Waals surface area contributed by atoms with Crippen LogP contribution < -0.4 is 22.1 Å². The quantitative estimate of drug-likeness (QED) is 0.101. The summed E-state index contributed by atoms with van der Waals surface area (Å²) < 4.78 is 43.6. The van der Waals surface area contributed by atoms with Crippen molar-refractivity contribution in [3.05, 3.63) is 77.9 Å². The number of halogens is 5. The van der Waals surface area contributed by atoms with E-state index >= 15 is 0 Å². The fourth-order valence-electron chi connectivity index (χ4n) is 3.02. The molecule has 0 radical (unpaired) electrons. The summed E-state index contributed by atoms with van der Waals surface area (Å²) in [4.78, 5) is 22.2. The molecule has 2 heterocycles. The minimum atomic E-state index is -3.72. The van der Waals surface area contributed by atoms with Crippen LogP contribution in [0, 0.1) is 0 Å². The van der Waals surface area contributed by atoms with E-state index in [1.807, 2.05) is 59.0 Å². The first-order chi connectivity index (χ1) is 19.4. The van der Waals surface area contributed by atoms with E-state index in [-0.39, 0.29) is 28.5 Å². The molecule has 6 N–H and O–H groups in total. The van der Waals surface area contributed by atoms with E-state index in [9.17, 15) is 22.4 Å². The zero-order valence-electron chi connectivity index (χ0n) is 22.5. The second-order valence-electron chi connectivity index (χ2n) is 7.09. The van der Waals surface area contributed by atoms with Gasteiger partial charge in [0, 0.05) is 23.4 Å². The minimum Gasteiger partial charge on any atom is -0.397 e. The van der Waals surface area contributed by atoms with Gasteiger partial charge in [-0.05, 0) is 46.4 Å². The zero-order chi connectivity index (χ0) is 31.4.